The number of nitrogens with zero attached hydrogens (tertiary/aromatic N) is 1. The van der Waals surface area contributed by atoms with E-state index in [2.05, 4.69) is 4.72 Å². The molecule has 0 saturated carbocycles. The monoisotopic (exact) mass is 394 g/mol. The molecule has 1 fully saturated rings. The quantitative estimate of drug-likeness (QED) is 0.846. The van der Waals surface area contributed by atoms with Crippen molar-refractivity contribution in [3.8, 4) is 5.75 Å². The van der Waals surface area contributed by atoms with E-state index in [1.165, 1.54) is 25.3 Å². The van der Waals surface area contributed by atoms with Gasteiger partial charge in [-0.3, -0.25) is 4.79 Å². The van der Waals surface area contributed by atoms with Gasteiger partial charge in [0.2, 0.25) is 15.9 Å². The molecule has 1 amide bonds. The fourth-order valence-corrected chi connectivity index (χ4v) is 4.41. The van der Waals surface area contributed by atoms with Gasteiger partial charge in [-0.2, -0.15) is 4.72 Å². The zero-order valence-electron chi connectivity index (χ0n) is 14.4. The molecule has 1 atom stereocenters. The predicted molar refractivity (Wildman–Crippen MR) is 100 cm³/mol. The summed E-state index contributed by atoms with van der Waals surface area (Å²) in [7, 11) is -2.43. The Morgan fingerprint density at radius 3 is 2.50 bits per heavy atom. The minimum atomic E-state index is -3.87. The Labute approximate surface area is 157 Å². The smallest absolute Gasteiger partial charge is 0.245 e. The molecule has 1 aliphatic rings. The number of halogens is 1. The third-order valence-electron chi connectivity index (χ3n) is 4.28. The van der Waals surface area contributed by atoms with Crippen LogP contribution in [0.4, 0.5) is 5.69 Å². The lowest BCUT2D eigenvalue weighted by Crippen LogP contribution is -2.41. The van der Waals surface area contributed by atoms with Crippen molar-refractivity contribution in [3.05, 3.63) is 53.1 Å². The van der Waals surface area contributed by atoms with Crippen LogP contribution in [0.2, 0.25) is 5.02 Å². The lowest BCUT2D eigenvalue weighted by Gasteiger charge is -2.17. The second-order valence-corrected chi connectivity index (χ2v) is 8.21. The van der Waals surface area contributed by atoms with Gasteiger partial charge in [0.25, 0.3) is 0 Å². The van der Waals surface area contributed by atoms with Gasteiger partial charge in [0.1, 0.15) is 11.8 Å². The number of nitrogens with one attached hydrogen (secondary N) is 1. The van der Waals surface area contributed by atoms with Crippen molar-refractivity contribution >= 4 is 33.2 Å². The van der Waals surface area contributed by atoms with Crippen LogP contribution in [0.5, 0.6) is 5.75 Å². The minimum Gasteiger partial charge on any atom is -0.495 e. The number of aryl methyl sites for hydroxylation is 1. The number of methoxy groups -OCH3 is 1. The van der Waals surface area contributed by atoms with E-state index in [-0.39, 0.29) is 15.8 Å². The Morgan fingerprint density at radius 2 is 1.88 bits per heavy atom. The molecular weight excluding hydrogens is 376 g/mol. The highest BCUT2D eigenvalue weighted by Gasteiger charge is 2.35. The molecule has 0 bridgehead atoms. The fourth-order valence-electron chi connectivity index (χ4n) is 2.84. The van der Waals surface area contributed by atoms with E-state index in [4.69, 9.17) is 16.3 Å². The second-order valence-electron chi connectivity index (χ2n) is 6.08. The molecule has 0 spiro atoms. The van der Waals surface area contributed by atoms with Crippen LogP contribution in [0.3, 0.4) is 0 Å². The summed E-state index contributed by atoms with van der Waals surface area (Å²) in [5.41, 5.74) is 1.85. The van der Waals surface area contributed by atoms with Crippen LogP contribution in [0.15, 0.2) is 47.4 Å². The summed E-state index contributed by atoms with van der Waals surface area (Å²) < 4.78 is 32.7. The van der Waals surface area contributed by atoms with Gasteiger partial charge < -0.3 is 9.64 Å². The second kappa shape index (κ2) is 7.26. The van der Waals surface area contributed by atoms with E-state index < -0.39 is 16.1 Å². The summed E-state index contributed by atoms with van der Waals surface area (Å²) in [5, 5.41) is 0.189. The molecule has 2 aromatic carbocycles. The molecule has 1 aliphatic heterocycles. The van der Waals surface area contributed by atoms with Gasteiger partial charge in [-0.1, -0.05) is 29.3 Å². The number of sulfonamides is 1. The molecule has 1 N–H and O–H groups in total. The molecule has 0 aliphatic carbocycles. The van der Waals surface area contributed by atoms with Crippen molar-refractivity contribution in [2.75, 3.05) is 18.6 Å². The van der Waals surface area contributed by atoms with Crippen LogP contribution >= 0.6 is 11.6 Å². The van der Waals surface area contributed by atoms with Crippen molar-refractivity contribution < 1.29 is 17.9 Å². The number of rotatable bonds is 5. The number of benzene rings is 2. The summed E-state index contributed by atoms with van der Waals surface area (Å²) in [4.78, 5) is 14.2. The minimum absolute atomic E-state index is 0.00936. The topological polar surface area (TPSA) is 75.7 Å². The summed E-state index contributed by atoms with van der Waals surface area (Å²) in [5.74, 6) is 0.116. The zero-order valence-corrected chi connectivity index (χ0v) is 16.0. The van der Waals surface area contributed by atoms with E-state index in [9.17, 15) is 13.2 Å². The molecule has 0 aromatic heterocycles. The highest BCUT2D eigenvalue weighted by molar-refractivity contribution is 7.89. The van der Waals surface area contributed by atoms with Gasteiger partial charge in [0.05, 0.1) is 17.0 Å². The first-order valence-electron chi connectivity index (χ1n) is 8.06. The number of hydrogen-bond acceptors (Lipinski definition) is 4. The van der Waals surface area contributed by atoms with Crippen LogP contribution in [0.25, 0.3) is 0 Å². The number of ether oxygens (including phenoxy) is 1. The molecule has 26 heavy (non-hydrogen) atoms. The van der Waals surface area contributed by atoms with Crippen LogP contribution in [-0.2, 0) is 14.8 Å². The van der Waals surface area contributed by atoms with Gasteiger partial charge >= 0.3 is 0 Å². The van der Waals surface area contributed by atoms with Crippen molar-refractivity contribution in [3.63, 3.8) is 0 Å². The normalized spacial score (nSPS) is 17.6. The first-order valence-corrected chi connectivity index (χ1v) is 9.92. The molecule has 8 heteroatoms. The van der Waals surface area contributed by atoms with Crippen molar-refractivity contribution in [1.82, 2.24) is 4.72 Å². The molecule has 0 unspecified atom stereocenters. The SMILES string of the molecule is COc1ccc(S(=O)(=O)N[C@@H]2CCN(c3ccc(C)cc3)C2=O)cc1Cl. The van der Waals surface area contributed by atoms with Gasteiger partial charge in [0.15, 0.2) is 0 Å². The lowest BCUT2D eigenvalue weighted by molar-refractivity contribution is -0.118. The van der Waals surface area contributed by atoms with Crippen LogP contribution in [0, 0.1) is 6.92 Å². The highest BCUT2D eigenvalue weighted by Crippen LogP contribution is 2.28. The maximum Gasteiger partial charge on any atom is 0.245 e. The van der Waals surface area contributed by atoms with Crippen molar-refractivity contribution in [2.45, 2.75) is 24.3 Å². The highest BCUT2D eigenvalue weighted by atomic mass is 35.5. The molecule has 3 rings (SSSR count). The van der Waals surface area contributed by atoms with Crippen molar-refractivity contribution in [1.29, 1.82) is 0 Å². The number of anilines is 1. The van der Waals surface area contributed by atoms with Gasteiger partial charge in [0, 0.05) is 12.2 Å². The average Bonchev–Trinajstić information content (AvgIpc) is 2.96. The number of carbonyl (C=O) groups is 1. The Bertz CT molecular complexity index is 929. The van der Waals surface area contributed by atoms with E-state index in [0.717, 1.165) is 11.3 Å². The van der Waals surface area contributed by atoms with Crippen LogP contribution in [-0.4, -0.2) is 34.0 Å². The first kappa shape index (κ1) is 18.7. The molecule has 1 saturated heterocycles. The Hall–Kier alpha value is -2.09. The van der Waals surface area contributed by atoms with E-state index in [1.807, 2.05) is 31.2 Å². The third kappa shape index (κ3) is 3.70. The van der Waals surface area contributed by atoms with E-state index >= 15 is 0 Å². The largest absolute Gasteiger partial charge is 0.495 e. The molecular formula is C18H19ClN2O4S. The lowest BCUT2D eigenvalue weighted by atomic mass is 10.2. The van der Waals surface area contributed by atoms with Gasteiger partial charge in [-0.25, -0.2) is 8.42 Å². The van der Waals surface area contributed by atoms with E-state index in [0.29, 0.717) is 18.7 Å². The summed E-state index contributed by atoms with van der Waals surface area (Å²) in [6, 6.07) is 10.9. The zero-order chi connectivity index (χ0) is 18.9. The summed E-state index contributed by atoms with van der Waals surface area (Å²) in [6.07, 6.45) is 0.399. The predicted octanol–water partition coefficient (Wildman–Crippen LogP) is 2.74. The van der Waals surface area contributed by atoms with Crippen molar-refractivity contribution in [2.24, 2.45) is 0 Å². The Kier molecular flexibility index (Phi) is 5.22. The van der Waals surface area contributed by atoms with E-state index in [1.54, 1.807) is 4.90 Å². The average molecular weight is 395 g/mol. The number of hydrogen-bond donors (Lipinski definition) is 1. The number of amides is 1. The maximum absolute atomic E-state index is 12.6. The van der Waals surface area contributed by atoms with Gasteiger partial charge in [-0.05, 0) is 43.7 Å². The molecule has 0 radical (unpaired) electrons. The molecule has 138 valence electrons. The maximum atomic E-state index is 12.6. The fraction of sp³-hybridized carbons (Fsp3) is 0.278. The Balaban J connectivity index is 1.77. The third-order valence-corrected chi connectivity index (χ3v) is 6.05. The van der Waals surface area contributed by atoms with Crippen LogP contribution < -0.4 is 14.4 Å². The molecule has 6 nitrogen and oxygen atoms in total. The summed E-state index contributed by atoms with van der Waals surface area (Å²) >= 11 is 6.00. The Morgan fingerprint density at radius 1 is 1.19 bits per heavy atom. The molecule has 1 heterocycles. The number of carbonyl (C=O) groups excluding carboxylic acids is 1. The van der Waals surface area contributed by atoms with Gasteiger partial charge in [-0.15, -0.1) is 0 Å². The van der Waals surface area contributed by atoms with Crippen LogP contribution in [0.1, 0.15) is 12.0 Å². The summed E-state index contributed by atoms with van der Waals surface area (Å²) in [6.45, 7) is 2.42. The first-order chi connectivity index (χ1) is 12.3. The molecule has 2 aromatic rings. The standard InChI is InChI=1S/C18H19ClN2O4S/c1-12-3-5-13(6-4-12)21-10-9-16(18(21)22)20-26(23,24)14-7-8-17(25-2)15(19)11-14/h3-8,11,16,20H,9-10H2,1-2H3/t16-/m1/s1.